The zero-order chi connectivity index (χ0) is 13.9. The highest BCUT2D eigenvalue weighted by atomic mass is 32.1. The minimum absolute atomic E-state index is 0.251. The molecule has 0 fully saturated rings. The van der Waals surface area contributed by atoms with E-state index in [0.717, 1.165) is 18.1 Å². The summed E-state index contributed by atoms with van der Waals surface area (Å²) in [6.45, 7) is 5.17. The Labute approximate surface area is 119 Å². The molecular formula is C13H25N3O2S. The summed E-state index contributed by atoms with van der Waals surface area (Å²) < 4.78 is 13.0. The van der Waals surface area contributed by atoms with Crippen molar-refractivity contribution in [2.75, 3.05) is 13.2 Å². The highest BCUT2D eigenvalue weighted by molar-refractivity contribution is 6.99. The third-order valence-corrected chi connectivity index (χ3v) is 3.42. The van der Waals surface area contributed by atoms with Crippen LogP contribution in [0.2, 0.25) is 0 Å². The first-order valence-electron chi connectivity index (χ1n) is 7.04. The molecule has 0 aromatic carbocycles. The number of ether oxygens (including phenoxy) is 1. The van der Waals surface area contributed by atoms with Crippen LogP contribution in [0, 0.1) is 0 Å². The van der Waals surface area contributed by atoms with Gasteiger partial charge >= 0.3 is 0 Å². The monoisotopic (exact) mass is 287 g/mol. The fourth-order valence-electron chi connectivity index (χ4n) is 1.78. The van der Waals surface area contributed by atoms with E-state index in [4.69, 9.17) is 4.74 Å². The van der Waals surface area contributed by atoms with Gasteiger partial charge in [0.2, 0.25) is 5.88 Å². The zero-order valence-electron chi connectivity index (χ0n) is 11.8. The molecule has 0 saturated heterocycles. The normalized spacial score (nSPS) is 14.3. The van der Waals surface area contributed by atoms with Crippen molar-refractivity contribution in [2.24, 2.45) is 0 Å². The van der Waals surface area contributed by atoms with Crippen LogP contribution in [0.3, 0.4) is 0 Å². The van der Waals surface area contributed by atoms with Crippen LogP contribution in [0.25, 0.3) is 0 Å². The minimum atomic E-state index is -0.514. The van der Waals surface area contributed by atoms with E-state index >= 15 is 0 Å². The number of unbranched alkanes of at least 4 members (excludes halogenated alkanes) is 3. The quantitative estimate of drug-likeness (QED) is 0.611. The highest BCUT2D eigenvalue weighted by Crippen LogP contribution is 2.06. The average Bonchev–Trinajstić information content (AvgIpc) is 2.92. The Balaban J connectivity index is 2.00. The van der Waals surface area contributed by atoms with Crippen molar-refractivity contribution >= 4 is 11.7 Å². The summed E-state index contributed by atoms with van der Waals surface area (Å²) in [5.74, 6) is 0.483. The summed E-state index contributed by atoms with van der Waals surface area (Å²) in [4.78, 5) is 0. The number of rotatable bonds is 11. The molecule has 0 aliphatic heterocycles. The van der Waals surface area contributed by atoms with E-state index in [0.29, 0.717) is 18.5 Å². The maximum Gasteiger partial charge on any atom is 0.245 e. The van der Waals surface area contributed by atoms with E-state index in [1.54, 1.807) is 6.20 Å². The second kappa shape index (κ2) is 10.1. The van der Waals surface area contributed by atoms with Crippen LogP contribution in [-0.4, -0.2) is 39.2 Å². The third-order valence-electron chi connectivity index (χ3n) is 2.96. The first-order valence-corrected chi connectivity index (χ1v) is 7.77. The molecule has 2 unspecified atom stereocenters. The van der Waals surface area contributed by atoms with E-state index in [1.165, 1.54) is 25.7 Å². The maximum atomic E-state index is 9.77. The standard InChI is InChI=1S/C13H25N3O2S/c1-3-4-5-6-7-11(2)14-8-12(17)10-18-13-9-15-19-16-13/h9,11-12,14,17H,3-8,10H2,1-2H3. The Morgan fingerprint density at radius 1 is 1.42 bits per heavy atom. The molecule has 6 heteroatoms. The lowest BCUT2D eigenvalue weighted by Gasteiger charge is -2.17. The number of hydrogen-bond acceptors (Lipinski definition) is 6. The fraction of sp³-hybridized carbons (Fsp3) is 0.846. The molecule has 0 amide bonds. The summed E-state index contributed by atoms with van der Waals surface area (Å²) in [5, 5.41) is 13.1. The van der Waals surface area contributed by atoms with Gasteiger partial charge in [-0.1, -0.05) is 32.6 Å². The van der Waals surface area contributed by atoms with Crippen molar-refractivity contribution in [3.8, 4) is 5.88 Å². The van der Waals surface area contributed by atoms with E-state index in [1.807, 2.05) is 0 Å². The molecule has 1 aromatic rings. The summed E-state index contributed by atoms with van der Waals surface area (Å²) in [7, 11) is 0. The van der Waals surface area contributed by atoms with Crippen LogP contribution in [0.5, 0.6) is 5.88 Å². The summed E-state index contributed by atoms with van der Waals surface area (Å²) >= 11 is 1.10. The van der Waals surface area contributed by atoms with Crippen molar-refractivity contribution in [1.82, 2.24) is 14.1 Å². The SMILES string of the molecule is CCCCCCC(C)NCC(O)COc1cnsn1. The fourth-order valence-corrected chi connectivity index (χ4v) is 2.14. The number of nitrogens with one attached hydrogen (secondary N) is 1. The predicted octanol–water partition coefficient (Wildman–Crippen LogP) is 2.23. The van der Waals surface area contributed by atoms with Crippen LogP contribution in [0.1, 0.15) is 46.0 Å². The lowest BCUT2D eigenvalue weighted by atomic mass is 10.1. The van der Waals surface area contributed by atoms with Gasteiger partial charge in [-0.25, -0.2) is 0 Å². The molecule has 0 aliphatic carbocycles. The zero-order valence-corrected chi connectivity index (χ0v) is 12.7. The minimum Gasteiger partial charge on any atom is -0.473 e. The van der Waals surface area contributed by atoms with Crippen molar-refractivity contribution in [2.45, 2.75) is 58.1 Å². The Morgan fingerprint density at radius 2 is 2.26 bits per heavy atom. The number of nitrogens with zero attached hydrogens (tertiary/aromatic N) is 2. The molecule has 1 aromatic heterocycles. The van der Waals surface area contributed by atoms with Gasteiger partial charge in [-0.3, -0.25) is 0 Å². The molecule has 0 saturated carbocycles. The lowest BCUT2D eigenvalue weighted by molar-refractivity contribution is 0.102. The largest absolute Gasteiger partial charge is 0.473 e. The Hall–Kier alpha value is -0.720. The first-order chi connectivity index (χ1) is 9.22. The van der Waals surface area contributed by atoms with E-state index < -0.39 is 6.10 Å². The van der Waals surface area contributed by atoms with Gasteiger partial charge in [0.1, 0.15) is 18.9 Å². The molecule has 1 heterocycles. The van der Waals surface area contributed by atoms with Gasteiger partial charge in [-0.2, -0.15) is 4.37 Å². The van der Waals surface area contributed by atoms with Gasteiger partial charge in [-0.05, 0) is 13.3 Å². The summed E-state index contributed by atoms with van der Waals surface area (Å²) in [5.41, 5.74) is 0. The van der Waals surface area contributed by atoms with Gasteiger partial charge in [0.25, 0.3) is 0 Å². The van der Waals surface area contributed by atoms with Crippen LogP contribution in [0.4, 0.5) is 0 Å². The summed E-state index contributed by atoms with van der Waals surface area (Å²) in [6.07, 6.45) is 7.32. The third kappa shape index (κ3) is 8.13. The number of hydrogen-bond donors (Lipinski definition) is 2. The molecule has 2 atom stereocenters. The van der Waals surface area contributed by atoms with Crippen LogP contribution >= 0.6 is 11.7 Å². The van der Waals surface area contributed by atoms with Crippen LogP contribution in [-0.2, 0) is 0 Å². The van der Waals surface area contributed by atoms with Gasteiger partial charge in [0, 0.05) is 12.6 Å². The second-order valence-corrected chi connectivity index (χ2v) is 5.43. The Bertz CT molecular complexity index is 309. The molecule has 1 rings (SSSR count). The van der Waals surface area contributed by atoms with Crippen LogP contribution < -0.4 is 10.1 Å². The molecule has 110 valence electrons. The second-order valence-electron chi connectivity index (χ2n) is 4.87. The van der Waals surface area contributed by atoms with Gasteiger partial charge in [0.15, 0.2) is 0 Å². The van der Waals surface area contributed by atoms with Crippen molar-refractivity contribution in [3.63, 3.8) is 0 Å². The van der Waals surface area contributed by atoms with Crippen LogP contribution in [0.15, 0.2) is 6.20 Å². The van der Waals surface area contributed by atoms with Crippen molar-refractivity contribution < 1.29 is 9.84 Å². The Morgan fingerprint density at radius 3 is 2.95 bits per heavy atom. The molecule has 0 spiro atoms. The van der Waals surface area contributed by atoms with Gasteiger partial charge in [-0.15, -0.1) is 4.37 Å². The molecule has 5 nitrogen and oxygen atoms in total. The summed E-state index contributed by atoms with van der Waals surface area (Å²) in [6, 6.07) is 0.437. The van der Waals surface area contributed by atoms with E-state index in [-0.39, 0.29) is 6.61 Å². The highest BCUT2D eigenvalue weighted by Gasteiger charge is 2.08. The smallest absolute Gasteiger partial charge is 0.245 e. The number of aromatic nitrogens is 2. The number of aliphatic hydroxyl groups excluding tert-OH is 1. The van der Waals surface area contributed by atoms with Gasteiger partial charge < -0.3 is 15.2 Å². The van der Waals surface area contributed by atoms with Crippen molar-refractivity contribution in [3.05, 3.63) is 6.20 Å². The molecule has 0 aliphatic rings. The average molecular weight is 287 g/mol. The molecular weight excluding hydrogens is 262 g/mol. The van der Waals surface area contributed by atoms with E-state index in [9.17, 15) is 5.11 Å². The predicted molar refractivity (Wildman–Crippen MR) is 77.6 cm³/mol. The van der Waals surface area contributed by atoms with Gasteiger partial charge in [0.05, 0.1) is 11.7 Å². The molecule has 0 bridgehead atoms. The number of aliphatic hydroxyl groups is 1. The first kappa shape index (κ1) is 16.3. The molecule has 0 radical (unpaired) electrons. The molecule has 2 N–H and O–H groups in total. The Kier molecular flexibility index (Phi) is 8.69. The maximum absolute atomic E-state index is 9.77. The molecule has 19 heavy (non-hydrogen) atoms. The topological polar surface area (TPSA) is 67.3 Å². The van der Waals surface area contributed by atoms with E-state index in [2.05, 4.69) is 27.9 Å². The lowest BCUT2D eigenvalue weighted by Crippen LogP contribution is -2.36. The van der Waals surface area contributed by atoms with Crippen molar-refractivity contribution in [1.29, 1.82) is 0 Å².